The van der Waals surface area contributed by atoms with Gasteiger partial charge in [-0.2, -0.15) is 0 Å². The van der Waals surface area contributed by atoms with Crippen LogP contribution in [0, 0.1) is 0 Å². The van der Waals surface area contributed by atoms with E-state index in [9.17, 15) is 9.90 Å². The van der Waals surface area contributed by atoms with Gasteiger partial charge in [0.2, 0.25) is 0 Å². The average molecular weight is 224 g/mol. The summed E-state index contributed by atoms with van der Waals surface area (Å²) < 4.78 is 5.08. The molecule has 0 bridgehead atoms. The number of likely N-dealkylation sites (N-methyl/N-ethyl adjacent to an activating group) is 1. The van der Waals surface area contributed by atoms with E-state index in [1.54, 1.807) is 27.8 Å². The summed E-state index contributed by atoms with van der Waals surface area (Å²) in [5, 5.41) is 9.19. The summed E-state index contributed by atoms with van der Waals surface area (Å²) in [6.45, 7) is 5.54. The zero-order valence-corrected chi connectivity index (χ0v) is 9.84. The standard InChI is InChI=1S/C9H18ClNO3/c1-9(2,3)14-8(13)11(4)6-7(12)5-10/h7,12H,5-6H2,1-4H3/t7-/m1/s1. The minimum absolute atomic E-state index is 0.104. The molecule has 84 valence electrons. The van der Waals surface area contributed by atoms with Crippen molar-refractivity contribution in [1.29, 1.82) is 0 Å². The normalized spacial score (nSPS) is 13.6. The van der Waals surface area contributed by atoms with E-state index in [2.05, 4.69) is 0 Å². The van der Waals surface area contributed by atoms with Crippen LogP contribution in [0.5, 0.6) is 0 Å². The molecule has 0 unspecified atom stereocenters. The van der Waals surface area contributed by atoms with Crippen molar-refractivity contribution in [1.82, 2.24) is 4.90 Å². The Morgan fingerprint density at radius 3 is 2.43 bits per heavy atom. The summed E-state index contributed by atoms with van der Waals surface area (Å²) in [6, 6.07) is 0. The summed E-state index contributed by atoms with van der Waals surface area (Å²) in [5.41, 5.74) is -0.517. The largest absolute Gasteiger partial charge is 0.444 e. The van der Waals surface area contributed by atoms with Crippen LogP contribution in [-0.4, -0.2) is 47.3 Å². The van der Waals surface area contributed by atoms with Crippen molar-refractivity contribution in [2.24, 2.45) is 0 Å². The van der Waals surface area contributed by atoms with Crippen molar-refractivity contribution >= 4 is 17.7 Å². The highest BCUT2D eigenvalue weighted by Gasteiger charge is 2.20. The number of ether oxygens (including phenoxy) is 1. The molecule has 14 heavy (non-hydrogen) atoms. The van der Waals surface area contributed by atoms with Crippen LogP contribution in [0.4, 0.5) is 4.79 Å². The van der Waals surface area contributed by atoms with Gasteiger partial charge in [0.1, 0.15) is 5.60 Å². The Morgan fingerprint density at radius 1 is 1.57 bits per heavy atom. The molecular formula is C9H18ClNO3. The van der Waals surface area contributed by atoms with Gasteiger partial charge in [0, 0.05) is 7.05 Å². The van der Waals surface area contributed by atoms with Gasteiger partial charge in [-0.25, -0.2) is 4.79 Å². The van der Waals surface area contributed by atoms with Crippen LogP contribution in [0.2, 0.25) is 0 Å². The van der Waals surface area contributed by atoms with Crippen molar-refractivity contribution in [3.05, 3.63) is 0 Å². The van der Waals surface area contributed by atoms with E-state index in [0.717, 1.165) is 0 Å². The maximum Gasteiger partial charge on any atom is 0.410 e. The number of hydrogen-bond acceptors (Lipinski definition) is 3. The molecule has 1 atom stereocenters. The first kappa shape index (κ1) is 13.5. The molecule has 0 saturated heterocycles. The van der Waals surface area contributed by atoms with E-state index in [1.807, 2.05) is 0 Å². The molecule has 0 aliphatic rings. The Labute approximate surface area is 89.8 Å². The topological polar surface area (TPSA) is 49.8 Å². The van der Waals surface area contributed by atoms with E-state index >= 15 is 0 Å². The number of hydrogen-bond donors (Lipinski definition) is 1. The molecule has 0 fully saturated rings. The van der Waals surface area contributed by atoms with Gasteiger partial charge < -0.3 is 14.7 Å². The number of carbonyl (C=O) groups is 1. The Bertz CT molecular complexity index is 191. The second-order valence-electron chi connectivity index (χ2n) is 4.17. The highest BCUT2D eigenvalue weighted by molar-refractivity contribution is 6.18. The molecule has 0 aliphatic heterocycles. The zero-order valence-electron chi connectivity index (χ0n) is 9.08. The fraction of sp³-hybridized carbons (Fsp3) is 0.889. The van der Waals surface area contributed by atoms with Crippen molar-refractivity contribution in [3.63, 3.8) is 0 Å². The molecule has 0 spiro atoms. The second-order valence-corrected chi connectivity index (χ2v) is 4.48. The minimum Gasteiger partial charge on any atom is -0.444 e. The number of aliphatic hydroxyl groups excluding tert-OH is 1. The highest BCUT2D eigenvalue weighted by atomic mass is 35.5. The lowest BCUT2D eigenvalue weighted by Crippen LogP contribution is -2.38. The summed E-state index contributed by atoms with van der Waals surface area (Å²) in [4.78, 5) is 12.7. The van der Waals surface area contributed by atoms with Gasteiger partial charge in [0.05, 0.1) is 18.5 Å². The van der Waals surface area contributed by atoms with Gasteiger partial charge in [-0.15, -0.1) is 11.6 Å². The molecular weight excluding hydrogens is 206 g/mol. The van der Waals surface area contributed by atoms with Gasteiger partial charge in [-0.1, -0.05) is 0 Å². The first-order valence-electron chi connectivity index (χ1n) is 4.44. The number of alkyl halides is 1. The highest BCUT2D eigenvalue weighted by Crippen LogP contribution is 2.09. The van der Waals surface area contributed by atoms with Crippen LogP contribution in [0.25, 0.3) is 0 Å². The van der Waals surface area contributed by atoms with Gasteiger partial charge in [-0.05, 0) is 20.8 Å². The van der Waals surface area contributed by atoms with E-state index in [1.165, 1.54) is 4.90 Å². The predicted octanol–water partition coefficient (Wildman–Crippen LogP) is 1.45. The summed E-state index contributed by atoms with van der Waals surface area (Å²) >= 11 is 5.41. The van der Waals surface area contributed by atoms with Gasteiger partial charge in [0.15, 0.2) is 0 Å². The molecule has 0 aliphatic carbocycles. The number of amides is 1. The predicted molar refractivity (Wildman–Crippen MR) is 55.6 cm³/mol. The summed E-state index contributed by atoms with van der Waals surface area (Å²) in [6.07, 6.45) is -1.17. The summed E-state index contributed by atoms with van der Waals surface area (Å²) in [5.74, 6) is 0.104. The number of nitrogens with zero attached hydrogens (tertiary/aromatic N) is 1. The molecule has 5 heteroatoms. The number of halogens is 1. The van der Waals surface area contributed by atoms with E-state index in [-0.39, 0.29) is 12.4 Å². The molecule has 0 saturated carbocycles. The zero-order chi connectivity index (χ0) is 11.4. The maximum absolute atomic E-state index is 11.4. The van der Waals surface area contributed by atoms with Gasteiger partial charge in [-0.3, -0.25) is 0 Å². The third kappa shape index (κ3) is 6.05. The Kier molecular flexibility index (Phi) is 5.23. The lowest BCUT2D eigenvalue weighted by atomic mass is 10.2. The van der Waals surface area contributed by atoms with Crippen LogP contribution < -0.4 is 0 Å². The Hall–Kier alpha value is -0.480. The monoisotopic (exact) mass is 223 g/mol. The third-order valence-electron chi connectivity index (χ3n) is 1.37. The van der Waals surface area contributed by atoms with E-state index < -0.39 is 17.8 Å². The van der Waals surface area contributed by atoms with Gasteiger partial charge in [0.25, 0.3) is 0 Å². The Morgan fingerprint density at radius 2 is 2.07 bits per heavy atom. The minimum atomic E-state index is -0.714. The third-order valence-corrected chi connectivity index (χ3v) is 1.72. The van der Waals surface area contributed by atoms with Crippen LogP contribution in [0.1, 0.15) is 20.8 Å². The molecule has 0 aromatic carbocycles. The fourth-order valence-electron chi connectivity index (χ4n) is 0.779. The number of aliphatic hydroxyl groups is 1. The van der Waals surface area contributed by atoms with Crippen molar-refractivity contribution in [2.75, 3.05) is 19.5 Å². The first-order valence-corrected chi connectivity index (χ1v) is 4.98. The maximum atomic E-state index is 11.4. The number of rotatable bonds is 3. The first-order chi connectivity index (χ1) is 6.26. The quantitative estimate of drug-likeness (QED) is 0.737. The second kappa shape index (κ2) is 5.41. The molecule has 0 heterocycles. The fourth-order valence-corrected chi connectivity index (χ4v) is 0.877. The molecule has 1 amide bonds. The lowest BCUT2D eigenvalue weighted by molar-refractivity contribution is 0.0223. The van der Waals surface area contributed by atoms with Crippen molar-refractivity contribution < 1.29 is 14.6 Å². The SMILES string of the molecule is CN(C[C@H](O)CCl)C(=O)OC(C)(C)C. The molecule has 0 aromatic rings. The molecule has 0 aromatic heterocycles. The van der Waals surface area contributed by atoms with Crippen LogP contribution in [0.15, 0.2) is 0 Å². The van der Waals surface area contributed by atoms with E-state index in [4.69, 9.17) is 16.3 Å². The van der Waals surface area contributed by atoms with Crippen LogP contribution >= 0.6 is 11.6 Å². The summed E-state index contributed by atoms with van der Waals surface area (Å²) in [7, 11) is 1.56. The molecule has 0 rings (SSSR count). The molecule has 0 radical (unpaired) electrons. The Balaban J connectivity index is 4.00. The molecule has 4 nitrogen and oxygen atoms in total. The van der Waals surface area contributed by atoms with Crippen molar-refractivity contribution in [2.45, 2.75) is 32.5 Å². The van der Waals surface area contributed by atoms with Crippen molar-refractivity contribution in [3.8, 4) is 0 Å². The molecule has 1 N–H and O–H groups in total. The number of carbonyl (C=O) groups excluding carboxylic acids is 1. The van der Waals surface area contributed by atoms with E-state index in [0.29, 0.717) is 0 Å². The van der Waals surface area contributed by atoms with Crippen LogP contribution in [0.3, 0.4) is 0 Å². The smallest absolute Gasteiger partial charge is 0.410 e. The van der Waals surface area contributed by atoms with Crippen LogP contribution in [-0.2, 0) is 4.74 Å². The average Bonchev–Trinajstić information content (AvgIpc) is 2.00. The lowest BCUT2D eigenvalue weighted by Gasteiger charge is -2.25. The van der Waals surface area contributed by atoms with Gasteiger partial charge >= 0.3 is 6.09 Å².